The monoisotopic (exact) mass is 414 g/mol. The van der Waals surface area contributed by atoms with Crippen LogP contribution in [-0.2, 0) is 4.79 Å². The second kappa shape index (κ2) is 8.23. The van der Waals surface area contributed by atoms with E-state index in [0.29, 0.717) is 11.3 Å². The van der Waals surface area contributed by atoms with Crippen molar-refractivity contribution in [3.8, 4) is 5.75 Å². The first-order chi connectivity index (χ1) is 14.9. The number of hydrogen-bond donors (Lipinski definition) is 1. The number of imide groups is 1. The zero-order valence-electron chi connectivity index (χ0n) is 16.6. The predicted molar refractivity (Wildman–Crippen MR) is 113 cm³/mol. The van der Waals surface area contributed by atoms with Crippen molar-refractivity contribution in [2.24, 2.45) is 0 Å². The number of nitrogens with one attached hydrogen (secondary N) is 1. The summed E-state index contributed by atoms with van der Waals surface area (Å²) in [5, 5.41) is 2.78. The topological polar surface area (TPSA) is 92.8 Å². The van der Waals surface area contributed by atoms with Gasteiger partial charge in [0.25, 0.3) is 17.7 Å². The first-order valence-corrected chi connectivity index (χ1v) is 9.56. The largest absolute Gasteiger partial charge is 0.425 e. The third-order valence-corrected chi connectivity index (χ3v) is 4.82. The Hall–Kier alpha value is -4.26. The molecule has 0 saturated heterocycles. The highest BCUT2D eigenvalue weighted by Crippen LogP contribution is 2.22. The van der Waals surface area contributed by atoms with Crippen LogP contribution in [0, 0.1) is 6.92 Å². The van der Waals surface area contributed by atoms with Gasteiger partial charge in [0, 0.05) is 11.3 Å². The van der Waals surface area contributed by atoms with Crippen LogP contribution in [0.5, 0.6) is 5.75 Å². The summed E-state index contributed by atoms with van der Waals surface area (Å²) in [6.07, 6.45) is 0. The van der Waals surface area contributed by atoms with Crippen molar-refractivity contribution in [1.29, 1.82) is 0 Å². The number of ether oxygens (including phenoxy) is 1. The molecule has 4 rings (SSSR count). The SMILES string of the molecule is Cc1ccc(NC(=O)c2ccc(OC(=O)CN3C(=O)c4ccccc4C3=O)cc2)cc1. The Kier molecular flexibility index (Phi) is 5.32. The number of rotatable bonds is 5. The lowest BCUT2D eigenvalue weighted by atomic mass is 10.1. The maximum absolute atomic E-state index is 12.3. The second-order valence-electron chi connectivity index (χ2n) is 7.06. The molecule has 0 radical (unpaired) electrons. The van der Waals surface area contributed by atoms with Gasteiger partial charge < -0.3 is 10.1 Å². The highest BCUT2D eigenvalue weighted by Gasteiger charge is 2.36. The number of nitrogens with zero attached hydrogens (tertiary/aromatic N) is 1. The number of esters is 1. The van der Waals surface area contributed by atoms with Gasteiger partial charge in [-0.1, -0.05) is 29.8 Å². The summed E-state index contributed by atoms with van der Waals surface area (Å²) in [6.45, 7) is 1.46. The smallest absolute Gasteiger partial charge is 0.331 e. The van der Waals surface area contributed by atoms with Crippen LogP contribution in [0.4, 0.5) is 5.69 Å². The Labute approximate surface area is 178 Å². The number of carbonyl (C=O) groups excluding carboxylic acids is 4. The Bertz CT molecular complexity index is 1150. The zero-order valence-corrected chi connectivity index (χ0v) is 16.6. The van der Waals surface area contributed by atoms with Gasteiger partial charge in [0.2, 0.25) is 0 Å². The molecule has 3 aromatic carbocycles. The van der Waals surface area contributed by atoms with Crippen molar-refractivity contribution >= 4 is 29.4 Å². The van der Waals surface area contributed by atoms with Crippen molar-refractivity contribution in [3.05, 3.63) is 95.1 Å². The highest BCUT2D eigenvalue weighted by atomic mass is 16.5. The standard InChI is InChI=1S/C24H18N2O5/c1-15-6-10-17(11-7-15)25-22(28)16-8-12-18(13-9-16)31-21(27)14-26-23(29)19-4-2-3-5-20(19)24(26)30/h2-13H,14H2,1H3,(H,25,28). The van der Waals surface area contributed by atoms with Gasteiger partial charge in [0.15, 0.2) is 0 Å². The molecular formula is C24H18N2O5. The zero-order chi connectivity index (χ0) is 22.0. The number of carbonyl (C=O) groups is 4. The molecule has 0 unspecified atom stereocenters. The molecule has 0 saturated carbocycles. The molecular weight excluding hydrogens is 396 g/mol. The van der Waals surface area contributed by atoms with Gasteiger partial charge in [-0.3, -0.25) is 19.3 Å². The van der Waals surface area contributed by atoms with Crippen molar-refractivity contribution in [1.82, 2.24) is 4.90 Å². The van der Waals surface area contributed by atoms with E-state index in [0.717, 1.165) is 10.5 Å². The maximum Gasteiger partial charge on any atom is 0.331 e. The normalized spacial score (nSPS) is 12.5. The molecule has 31 heavy (non-hydrogen) atoms. The van der Waals surface area contributed by atoms with Crippen molar-refractivity contribution in [3.63, 3.8) is 0 Å². The number of fused-ring (bicyclic) bond motifs is 1. The van der Waals surface area contributed by atoms with Gasteiger partial charge in [-0.15, -0.1) is 0 Å². The fraction of sp³-hybridized carbons (Fsp3) is 0.0833. The Morgan fingerprint density at radius 3 is 2.00 bits per heavy atom. The molecule has 0 atom stereocenters. The number of amides is 3. The summed E-state index contributed by atoms with van der Waals surface area (Å²) in [5.74, 6) is -1.91. The van der Waals surface area contributed by atoms with E-state index >= 15 is 0 Å². The highest BCUT2D eigenvalue weighted by molar-refractivity contribution is 6.22. The Morgan fingerprint density at radius 1 is 0.839 bits per heavy atom. The van der Waals surface area contributed by atoms with Gasteiger partial charge in [-0.25, -0.2) is 4.79 Å². The third-order valence-electron chi connectivity index (χ3n) is 4.82. The number of hydrogen-bond acceptors (Lipinski definition) is 5. The molecule has 0 aromatic heterocycles. The predicted octanol–water partition coefficient (Wildman–Crippen LogP) is 3.45. The van der Waals surface area contributed by atoms with Crippen LogP contribution in [0.1, 0.15) is 36.6 Å². The summed E-state index contributed by atoms with van der Waals surface area (Å²) in [5.41, 5.74) is 2.69. The molecule has 1 aliphatic rings. The minimum Gasteiger partial charge on any atom is -0.425 e. The molecule has 0 spiro atoms. The van der Waals surface area contributed by atoms with Crippen LogP contribution in [0.3, 0.4) is 0 Å². The molecule has 1 aliphatic heterocycles. The van der Waals surface area contributed by atoms with E-state index in [9.17, 15) is 19.2 Å². The van der Waals surface area contributed by atoms with Crippen molar-refractivity contribution in [2.75, 3.05) is 11.9 Å². The van der Waals surface area contributed by atoms with Crippen LogP contribution in [0.2, 0.25) is 0 Å². The van der Waals surface area contributed by atoms with E-state index in [4.69, 9.17) is 4.74 Å². The summed E-state index contributed by atoms with van der Waals surface area (Å²) in [6, 6.07) is 19.8. The molecule has 0 bridgehead atoms. The summed E-state index contributed by atoms with van der Waals surface area (Å²) in [7, 11) is 0. The second-order valence-corrected chi connectivity index (χ2v) is 7.06. The van der Waals surface area contributed by atoms with Gasteiger partial charge in [-0.2, -0.15) is 0 Å². The van der Waals surface area contributed by atoms with E-state index < -0.39 is 24.3 Å². The molecule has 7 heteroatoms. The maximum atomic E-state index is 12.3. The lowest BCUT2D eigenvalue weighted by Gasteiger charge is -2.13. The lowest BCUT2D eigenvalue weighted by molar-refractivity contribution is -0.134. The van der Waals surface area contributed by atoms with E-state index in [1.165, 1.54) is 24.3 Å². The lowest BCUT2D eigenvalue weighted by Crippen LogP contribution is -2.36. The van der Waals surface area contributed by atoms with Gasteiger partial charge in [0.1, 0.15) is 12.3 Å². The Balaban J connectivity index is 1.36. The molecule has 1 heterocycles. The summed E-state index contributed by atoms with van der Waals surface area (Å²) < 4.78 is 5.22. The quantitative estimate of drug-likeness (QED) is 0.392. The van der Waals surface area contributed by atoms with Crippen LogP contribution < -0.4 is 10.1 Å². The van der Waals surface area contributed by atoms with Crippen LogP contribution >= 0.6 is 0 Å². The molecule has 0 aliphatic carbocycles. The third kappa shape index (κ3) is 4.20. The van der Waals surface area contributed by atoms with E-state index in [2.05, 4.69) is 5.32 Å². The molecule has 1 N–H and O–H groups in total. The molecule has 7 nitrogen and oxygen atoms in total. The van der Waals surface area contributed by atoms with E-state index in [1.54, 1.807) is 24.3 Å². The minimum atomic E-state index is -0.758. The van der Waals surface area contributed by atoms with Crippen molar-refractivity contribution in [2.45, 2.75) is 6.92 Å². The molecule has 154 valence electrons. The summed E-state index contributed by atoms with van der Waals surface area (Å²) in [4.78, 5) is 50.1. The van der Waals surface area contributed by atoms with Crippen LogP contribution in [0.15, 0.2) is 72.8 Å². The number of aryl methyl sites for hydroxylation is 1. The molecule has 3 aromatic rings. The Morgan fingerprint density at radius 2 is 1.42 bits per heavy atom. The van der Waals surface area contributed by atoms with E-state index in [1.807, 2.05) is 31.2 Å². The first kappa shape index (κ1) is 20.0. The number of anilines is 1. The average Bonchev–Trinajstić information content (AvgIpc) is 3.01. The minimum absolute atomic E-state index is 0.202. The van der Waals surface area contributed by atoms with Crippen molar-refractivity contribution < 1.29 is 23.9 Å². The number of benzene rings is 3. The van der Waals surface area contributed by atoms with Crippen LogP contribution in [0.25, 0.3) is 0 Å². The molecule has 0 fully saturated rings. The molecule has 3 amide bonds. The van der Waals surface area contributed by atoms with Gasteiger partial charge in [0.05, 0.1) is 11.1 Å². The fourth-order valence-electron chi connectivity index (χ4n) is 3.19. The summed E-state index contributed by atoms with van der Waals surface area (Å²) >= 11 is 0. The van der Waals surface area contributed by atoms with E-state index in [-0.39, 0.29) is 22.8 Å². The van der Waals surface area contributed by atoms with Crippen LogP contribution in [-0.4, -0.2) is 35.1 Å². The van der Waals surface area contributed by atoms with Gasteiger partial charge >= 0.3 is 5.97 Å². The first-order valence-electron chi connectivity index (χ1n) is 9.56. The van der Waals surface area contributed by atoms with Gasteiger partial charge in [-0.05, 0) is 55.5 Å². The average molecular weight is 414 g/mol. The fourth-order valence-corrected chi connectivity index (χ4v) is 3.19.